The van der Waals surface area contributed by atoms with E-state index in [-0.39, 0.29) is 59.1 Å². The van der Waals surface area contributed by atoms with E-state index in [1.54, 1.807) is 0 Å². The molecule has 0 atom stereocenters. The van der Waals surface area contributed by atoms with Crippen molar-refractivity contribution in [2.75, 3.05) is 0 Å². The number of carbonyl (C=O) groups is 1. The van der Waals surface area contributed by atoms with Gasteiger partial charge in [0.25, 0.3) is 0 Å². The molecule has 0 aliphatic rings. The van der Waals surface area contributed by atoms with Crippen LogP contribution in [-0.4, -0.2) is 21.5 Å². The van der Waals surface area contributed by atoms with Gasteiger partial charge in [0.05, 0.1) is 0 Å². The van der Waals surface area contributed by atoms with Crippen molar-refractivity contribution in [3.05, 3.63) is 0 Å². The van der Waals surface area contributed by atoms with Crippen molar-refractivity contribution in [2.24, 2.45) is 0 Å². The normalized spacial score (nSPS) is 3.67. The summed E-state index contributed by atoms with van der Waals surface area (Å²) in [5, 5.41) is 8.89. The van der Waals surface area contributed by atoms with Gasteiger partial charge in [-0.2, -0.15) is 0 Å². The predicted molar refractivity (Wildman–Crippen MR) is 17.1 cm³/mol. The van der Waals surface area contributed by atoms with Gasteiger partial charge in [0.2, 0.25) is 0 Å². The Morgan fingerprint density at radius 2 is 1.44 bits per heavy atom. The van der Waals surface area contributed by atoms with E-state index in [0.717, 1.165) is 6.92 Å². The minimum atomic E-state index is -1.75. The first-order valence-electron chi connectivity index (χ1n) is 1.38. The Morgan fingerprint density at radius 3 is 1.44 bits per heavy atom. The quantitative estimate of drug-likeness (QED) is 0.333. The molecule has 40 valence electrons. The molecule has 7 heteroatoms. The van der Waals surface area contributed by atoms with Crippen molar-refractivity contribution in [3.63, 3.8) is 0 Å². The molecule has 0 aromatic carbocycles. The first-order chi connectivity index (χ1) is 3.15. The third-order valence-corrected chi connectivity index (χ3v) is 0. The molecule has 0 fully saturated rings. The molecule has 0 radical (unpaired) electrons. The zero-order chi connectivity index (χ0) is 6.28. The Balaban J connectivity index is -0.0000000233. The number of carboxylic acid groups (broad SMARTS) is 1. The maximum absolute atomic E-state index is 8.89. The second kappa shape index (κ2) is 22.6. The standard InChI is InChI=1S/C2H4O2.Al.2Na.2O/c1-2(3)4;;;;;/h1H3,(H,3,4);;;;;/q;;2*+1;;-1/p-1. The SMILES string of the molecule is CC(=O)[O-].[Na+].[Na+].[O]=[Al][O-]. The number of carboxylic acids is 1. The van der Waals surface area contributed by atoms with Crippen LogP contribution in [0.2, 0.25) is 0 Å². The molecule has 0 spiro atoms. The van der Waals surface area contributed by atoms with Gasteiger partial charge < -0.3 is 9.90 Å². The molecule has 0 unspecified atom stereocenters. The molecule has 0 saturated heterocycles. The molecular formula is C2H3AlNa2O4. The maximum atomic E-state index is 8.89. The zero-order valence-electron chi connectivity index (χ0n) is 5.71. The summed E-state index contributed by atoms with van der Waals surface area (Å²) in [6.07, 6.45) is 0. The molecule has 0 heterocycles. The van der Waals surface area contributed by atoms with Crippen LogP contribution < -0.4 is 68.4 Å². The van der Waals surface area contributed by atoms with Crippen LogP contribution in [0.5, 0.6) is 0 Å². The third kappa shape index (κ3) is 216. The van der Waals surface area contributed by atoms with Crippen LogP contribution in [-0.2, 0) is 8.60 Å². The van der Waals surface area contributed by atoms with Crippen molar-refractivity contribution in [1.82, 2.24) is 0 Å². The molecule has 0 N–H and O–H groups in total. The molecule has 0 aliphatic heterocycles. The van der Waals surface area contributed by atoms with E-state index in [0.29, 0.717) is 0 Å². The van der Waals surface area contributed by atoms with E-state index in [2.05, 4.69) is 0 Å². The average molecular weight is 164 g/mol. The topological polar surface area (TPSA) is 80.3 Å². The minimum absolute atomic E-state index is 0. The van der Waals surface area contributed by atoms with Crippen LogP contribution >= 0.6 is 0 Å². The van der Waals surface area contributed by atoms with Crippen LogP contribution in [0.15, 0.2) is 0 Å². The molecule has 0 bridgehead atoms. The molecular weight excluding hydrogens is 161 g/mol. The molecule has 4 nitrogen and oxygen atoms in total. The van der Waals surface area contributed by atoms with E-state index in [1.807, 2.05) is 0 Å². The van der Waals surface area contributed by atoms with Gasteiger partial charge in [0.1, 0.15) is 0 Å². The van der Waals surface area contributed by atoms with Crippen LogP contribution in [0.4, 0.5) is 0 Å². The Labute approximate surface area is 104 Å². The van der Waals surface area contributed by atoms with E-state index >= 15 is 0 Å². The van der Waals surface area contributed by atoms with Gasteiger partial charge in [-0.15, -0.1) is 0 Å². The predicted octanol–water partition coefficient (Wildman–Crippen LogP) is -8.92. The summed E-state index contributed by atoms with van der Waals surface area (Å²) >= 11 is -1.75. The molecule has 0 rings (SSSR count). The fraction of sp³-hybridized carbons (Fsp3) is 0.500. The fourth-order valence-corrected chi connectivity index (χ4v) is 0. The molecule has 0 aromatic heterocycles. The second-order valence-electron chi connectivity index (χ2n) is 0.588. The monoisotopic (exact) mass is 164 g/mol. The third-order valence-electron chi connectivity index (χ3n) is 0. The first-order valence-corrected chi connectivity index (χ1v) is 2.32. The summed E-state index contributed by atoms with van der Waals surface area (Å²) in [5.41, 5.74) is 0. The Kier molecular flexibility index (Phi) is 56.4. The van der Waals surface area contributed by atoms with Crippen molar-refractivity contribution in [3.8, 4) is 0 Å². The summed E-state index contributed by atoms with van der Waals surface area (Å²) in [6.45, 7) is 0.972. The van der Waals surface area contributed by atoms with Crippen molar-refractivity contribution in [1.29, 1.82) is 0 Å². The van der Waals surface area contributed by atoms with Crippen LogP contribution in [0.3, 0.4) is 0 Å². The van der Waals surface area contributed by atoms with Gasteiger partial charge in [0, 0.05) is 5.97 Å². The van der Waals surface area contributed by atoms with Gasteiger partial charge in [-0.25, -0.2) is 0 Å². The molecule has 9 heavy (non-hydrogen) atoms. The van der Waals surface area contributed by atoms with E-state index in [4.69, 9.17) is 17.9 Å². The van der Waals surface area contributed by atoms with E-state index in [1.165, 1.54) is 0 Å². The summed E-state index contributed by atoms with van der Waals surface area (Å²) in [7, 11) is 0. The number of aliphatic carboxylic acids is 1. The van der Waals surface area contributed by atoms with Crippen LogP contribution in [0.1, 0.15) is 6.92 Å². The molecule has 0 amide bonds. The summed E-state index contributed by atoms with van der Waals surface area (Å²) in [4.78, 5) is 8.89. The number of hydrogen-bond acceptors (Lipinski definition) is 4. The molecule has 0 aliphatic carbocycles. The number of hydrogen-bond donors (Lipinski definition) is 0. The Morgan fingerprint density at radius 1 is 1.44 bits per heavy atom. The van der Waals surface area contributed by atoms with Crippen LogP contribution in [0.25, 0.3) is 0 Å². The molecule has 0 aromatic rings. The summed E-state index contributed by atoms with van der Waals surface area (Å²) in [6, 6.07) is 0. The second-order valence-corrected chi connectivity index (χ2v) is 0.780. The Hall–Kier alpha value is 1.60. The number of carbonyl (C=O) groups excluding carboxylic acids is 1. The Bertz CT molecular complexity index is 63.6. The van der Waals surface area contributed by atoms with Gasteiger partial charge in [0.15, 0.2) is 0 Å². The average Bonchev–Trinajstić information content (AvgIpc) is 1.33. The summed E-state index contributed by atoms with van der Waals surface area (Å²) in [5.74, 6) is -1.08. The van der Waals surface area contributed by atoms with Gasteiger partial charge >= 0.3 is 82.6 Å². The van der Waals surface area contributed by atoms with E-state index < -0.39 is 21.5 Å². The fourth-order valence-electron chi connectivity index (χ4n) is 0. The summed E-state index contributed by atoms with van der Waals surface area (Å²) < 4.78 is 16.9. The zero-order valence-corrected chi connectivity index (χ0v) is 10.9. The van der Waals surface area contributed by atoms with Crippen LogP contribution in [0, 0.1) is 0 Å². The van der Waals surface area contributed by atoms with E-state index in [9.17, 15) is 0 Å². The van der Waals surface area contributed by atoms with Gasteiger partial charge in [-0.1, -0.05) is 0 Å². The van der Waals surface area contributed by atoms with Crippen molar-refractivity contribution >= 4 is 21.5 Å². The number of rotatable bonds is 0. The van der Waals surface area contributed by atoms with Gasteiger partial charge in [-0.3, -0.25) is 0 Å². The molecule has 0 saturated carbocycles. The van der Waals surface area contributed by atoms with Crippen molar-refractivity contribution < 1.29 is 77.0 Å². The first kappa shape index (κ1) is 22.4. The van der Waals surface area contributed by atoms with Gasteiger partial charge in [-0.05, 0) is 6.92 Å². The van der Waals surface area contributed by atoms with Crippen molar-refractivity contribution in [2.45, 2.75) is 6.92 Å².